The fraction of sp³-hybridized carbons (Fsp3) is 0.312. The number of halogens is 2. The Morgan fingerprint density at radius 1 is 1.46 bits per heavy atom. The monoisotopic (exact) mass is 367 g/mol. The Morgan fingerprint density at radius 3 is 2.96 bits per heavy atom. The van der Waals surface area contributed by atoms with Crippen molar-refractivity contribution < 1.29 is 13.7 Å². The summed E-state index contributed by atoms with van der Waals surface area (Å²) >= 11 is 7.51. The van der Waals surface area contributed by atoms with E-state index in [4.69, 9.17) is 16.1 Å². The maximum atomic E-state index is 14.3. The zero-order valence-electron chi connectivity index (χ0n) is 13.2. The fourth-order valence-electron chi connectivity index (χ4n) is 2.60. The van der Waals surface area contributed by atoms with E-state index in [1.165, 1.54) is 23.9 Å². The predicted octanol–water partition coefficient (Wildman–Crippen LogP) is 4.01. The maximum absolute atomic E-state index is 14.3. The predicted molar refractivity (Wildman–Crippen MR) is 93.1 cm³/mol. The topological polar surface area (TPSA) is 58.7 Å². The van der Waals surface area contributed by atoms with Crippen molar-refractivity contribution in [2.24, 2.45) is 4.99 Å². The summed E-state index contributed by atoms with van der Waals surface area (Å²) in [6, 6.07) is 4.32. The lowest BCUT2D eigenvalue weighted by atomic mass is 10.0. The Labute approximate surface area is 147 Å². The Hall–Kier alpha value is -1.86. The highest BCUT2D eigenvalue weighted by molar-refractivity contribution is 8.13. The number of aliphatic imine (C=N–C) groups is 1. The number of thioether (sulfide) groups is 1. The highest BCUT2D eigenvalue weighted by atomic mass is 35.5. The van der Waals surface area contributed by atoms with E-state index in [1.807, 2.05) is 6.26 Å². The molecule has 0 aliphatic carbocycles. The van der Waals surface area contributed by atoms with E-state index in [9.17, 15) is 9.18 Å². The second kappa shape index (κ2) is 6.94. The van der Waals surface area contributed by atoms with Crippen LogP contribution in [0.2, 0.25) is 5.02 Å². The van der Waals surface area contributed by atoms with Crippen LogP contribution in [0.5, 0.6) is 0 Å². The molecule has 5 nitrogen and oxygen atoms in total. The van der Waals surface area contributed by atoms with Crippen molar-refractivity contribution >= 4 is 34.4 Å². The lowest BCUT2D eigenvalue weighted by Gasteiger charge is -2.26. The molecule has 0 N–H and O–H groups in total. The molecule has 1 aromatic carbocycles. The summed E-state index contributed by atoms with van der Waals surface area (Å²) in [7, 11) is 0. The third kappa shape index (κ3) is 2.93. The van der Waals surface area contributed by atoms with Crippen LogP contribution in [0.15, 0.2) is 27.7 Å². The molecule has 2 heterocycles. The summed E-state index contributed by atoms with van der Waals surface area (Å²) in [5.74, 6) is -0.543. The van der Waals surface area contributed by atoms with Gasteiger partial charge in [-0.3, -0.25) is 14.7 Å². The molecule has 8 heteroatoms. The maximum Gasteiger partial charge on any atom is 0.265 e. The SMILES string of the molecule is CSC1=NCCCN1C(=O)c1c(-c2c(F)cccc2Cl)noc1C. The molecule has 1 amide bonds. The zero-order valence-corrected chi connectivity index (χ0v) is 14.7. The summed E-state index contributed by atoms with van der Waals surface area (Å²) in [6.45, 7) is 2.86. The largest absolute Gasteiger partial charge is 0.360 e. The standard InChI is InChI=1S/C16H15ClFN3O2S/c1-9-12(15(22)21-8-4-7-19-16(21)24-2)14(20-23-9)13-10(17)5-3-6-11(13)18/h3,5-6H,4,7-8H2,1-2H3. The first kappa shape index (κ1) is 17.0. The van der Waals surface area contributed by atoms with Crippen LogP contribution in [0.4, 0.5) is 4.39 Å². The van der Waals surface area contributed by atoms with E-state index in [1.54, 1.807) is 17.9 Å². The van der Waals surface area contributed by atoms with Crippen LogP contribution in [-0.2, 0) is 0 Å². The van der Waals surface area contributed by atoms with E-state index in [-0.39, 0.29) is 27.8 Å². The van der Waals surface area contributed by atoms with Gasteiger partial charge in [-0.2, -0.15) is 0 Å². The van der Waals surface area contributed by atoms with E-state index in [2.05, 4.69) is 10.1 Å². The molecule has 0 fully saturated rings. The van der Waals surface area contributed by atoms with Gasteiger partial charge in [0.05, 0.1) is 10.6 Å². The number of nitrogens with zero attached hydrogens (tertiary/aromatic N) is 3. The Morgan fingerprint density at radius 2 is 2.25 bits per heavy atom. The van der Waals surface area contributed by atoms with Crippen molar-refractivity contribution in [3.63, 3.8) is 0 Å². The molecule has 1 aliphatic rings. The van der Waals surface area contributed by atoms with Crippen molar-refractivity contribution in [1.82, 2.24) is 10.1 Å². The lowest BCUT2D eigenvalue weighted by molar-refractivity contribution is 0.0844. The summed E-state index contributed by atoms with van der Waals surface area (Å²) in [5, 5.41) is 4.69. The minimum atomic E-state index is -0.553. The highest BCUT2D eigenvalue weighted by Crippen LogP contribution is 2.34. The third-order valence-electron chi connectivity index (χ3n) is 3.72. The molecule has 2 aromatic rings. The molecule has 0 bridgehead atoms. The quantitative estimate of drug-likeness (QED) is 0.804. The third-order valence-corrected chi connectivity index (χ3v) is 4.75. The zero-order chi connectivity index (χ0) is 17.3. The van der Waals surface area contributed by atoms with E-state index in [0.717, 1.165) is 6.42 Å². The van der Waals surface area contributed by atoms with Crippen LogP contribution in [0.3, 0.4) is 0 Å². The normalized spacial score (nSPS) is 14.7. The van der Waals surface area contributed by atoms with Gasteiger partial charge >= 0.3 is 0 Å². The van der Waals surface area contributed by atoms with E-state index in [0.29, 0.717) is 24.0 Å². The minimum Gasteiger partial charge on any atom is -0.360 e. The summed E-state index contributed by atoms with van der Waals surface area (Å²) in [4.78, 5) is 19.0. The number of amides is 1. The van der Waals surface area contributed by atoms with Crippen LogP contribution in [-0.4, -0.2) is 40.5 Å². The van der Waals surface area contributed by atoms with Crippen molar-refractivity contribution in [2.75, 3.05) is 19.3 Å². The van der Waals surface area contributed by atoms with Gasteiger partial charge in [0.25, 0.3) is 5.91 Å². The smallest absolute Gasteiger partial charge is 0.265 e. The van der Waals surface area contributed by atoms with Crippen LogP contribution < -0.4 is 0 Å². The number of carbonyl (C=O) groups excluding carboxylic acids is 1. The Kier molecular flexibility index (Phi) is 4.91. The molecule has 0 radical (unpaired) electrons. The molecular weight excluding hydrogens is 353 g/mol. The number of aromatic nitrogens is 1. The van der Waals surface area contributed by atoms with Gasteiger partial charge in [-0.1, -0.05) is 34.6 Å². The van der Waals surface area contributed by atoms with Crippen LogP contribution >= 0.6 is 23.4 Å². The van der Waals surface area contributed by atoms with Crippen molar-refractivity contribution in [3.8, 4) is 11.3 Å². The molecule has 0 atom stereocenters. The molecule has 3 rings (SSSR count). The van der Waals surface area contributed by atoms with Gasteiger partial charge in [0.1, 0.15) is 22.8 Å². The average molecular weight is 368 g/mol. The molecule has 24 heavy (non-hydrogen) atoms. The molecule has 1 aromatic heterocycles. The number of benzene rings is 1. The first-order valence-corrected chi connectivity index (χ1v) is 8.95. The molecule has 0 unspecified atom stereocenters. The van der Waals surface area contributed by atoms with Crippen molar-refractivity contribution in [3.05, 3.63) is 40.4 Å². The molecule has 0 spiro atoms. The summed E-state index contributed by atoms with van der Waals surface area (Å²) in [6.07, 6.45) is 2.63. The number of amidine groups is 1. The Bertz CT molecular complexity index is 801. The highest BCUT2D eigenvalue weighted by Gasteiger charge is 2.31. The van der Waals surface area contributed by atoms with Gasteiger partial charge in [-0.05, 0) is 31.7 Å². The van der Waals surface area contributed by atoms with Crippen LogP contribution in [0.1, 0.15) is 22.5 Å². The van der Waals surface area contributed by atoms with E-state index >= 15 is 0 Å². The second-order valence-corrected chi connectivity index (χ2v) is 6.42. The second-order valence-electron chi connectivity index (χ2n) is 5.24. The van der Waals surface area contributed by atoms with Gasteiger partial charge in [0, 0.05) is 13.1 Å². The number of aryl methyl sites for hydroxylation is 1. The first-order chi connectivity index (χ1) is 11.5. The fourth-order valence-corrected chi connectivity index (χ4v) is 3.47. The lowest BCUT2D eigenvalue weighted by Crippen LogP contribution is -2.39. The van der Waals surface area contributed by atoms with Gasteiger partial charge in [0.15, 0.2) is 5.17 Å². The van der Waals surface area contributed by atoms with Crippen molar-refractivity contribution in [1.29, 1.82) is 0 Å². The molecule has 1 aliphatic heterocycles. The summed E-state index contributed by atoms with van der Waals surface area (Å²) < 4.78 is 19.4. The van der Waals surface area contributed by atoms with Gasteiger partial charge in [-0.25, -0.2) is 4.39 Å². The van der Waals surface area contributed by atoms with Gasteiger partial charge < -0.3 is 4.52 Å². The molecule has 126 valence electrons. The molecule has 0 saturated heterocycles. The molecule has 0 saturated carbocycles. The number of hydrogen-bond acceptors (Lipinski definition) is 5. The Balaban J connectivity index is 2.10. The minimum absolute atomic E-state index is 0.0685. The molecular formula is C16H15ClFN3O2S. The van der Waals surface area contributed by atoms with Crippen molar-refractivity contribution in [2.45, 2.75) is 13.3 Å². The number of rotatable bonds is 2. The van der Waals surface area contributed by atoms with Crippen LogP contribution in [0, 0.1) is 12.7 Å². The number of hydrogen-bond donors (Lipinski definition) is 0. The first-order valence-electron chi connectivity index (χ1n) is 7.35. The van der Waals surface area contributed by atoms with Gasteiger partial charge in [-0.15, -0.1) is 0 Å². The summed E-state index contributed by atoms with van der Waals surface area (Å²) in [5.41, 5.74) is 0.399. The van der Waals surface area contributed by atoms with Gasteiger partial charge in [0.2, 0.25) is 0 Å². The number of carbonyl (C=O) groups is 1. The average Bonchev–Trinajstić information content (AvgIpc) is 2.95. The van der Waals surface area contributed by atoms with E-state index < -0.39 is 5.82 Å². The van der Waals surface area contributed by atoms with Crippen LogP contribution in [0.25, 0.3) is 11.3 Å².